The van der Waals surface area contributed by atoms with Gasteiger partial charge in [-0.2, -0.15) is 0 Å². The van der Waals surface area contributed by atoms with Crippen molar-refractivity contribution in [3.05, 3.63) is 0 Å². The molecule has 0 saturated carbocycles. The van der Waals surface area contributed by atoms with Gasteiger partial charge < -0.3 is 10.6 Å². The van der Waals surface area contributed by atoms with E-state index < -0.39 is 0 Å². The van der Waals surface area contributed by atoms with E-state index in [2.05, 4.69) is 16.8 Å². The highest BCUT2D eigenvalue weighted by Gasteiger charge is 2.11. The second kappa shape index (κ2) is 5.84. The summed E-state index contributed by atoms with van der Waals surface area (Å²) in [6.45, 7) is 5.25. The first kappa shape index (κ1) is 10.4. The normalized spacial score (nSPS) is 16.4. The highest BCUT2D eigenvalue weighted by molar-refractivity contribution is 5.79. The monoisotopic (exact) mass is 183 g/mol. The van der Waals surface area contributed by atoms with Crippen LogP contribution in [0.4, 0.5) is 0 Å². The summed E-state index contributed by atoms with van der Waals surface area (Å²) < 4.78 is 0. The van der Waals surface area contributed by atoms with Crippen molar-refractivity contribution in [3.8, 4) is 0 Å². The summed E-state index contributed by atoms with van der Waals surface area (Å²) in [5, 5.41) is 0. The SMILES string of the molecule is CCCCCCCN1CCN=C1N. The van der Waals surface area contributed by atoms with Crippen molar-refractivity contribution in [2.45, 2.75) is 39.0 Å². The summed E-state index contributed by atoms with van der Waals surface area (Å²) in [5.41, 5.74) is 5.70. The molecule has 0 spiro atoms. The van der Waals surface area contributed by atoms with Crippen LogP contribution < -0.4 is 5.73 Å². The predicted octanol–water partition coefficient (Wildman–Crippen LogP) is 1.59. The van der Waals surface area contributed by atoms with Gasteiger partial charge in [0.1, 0.15) is 0 Å². The fourth-order valence-corrected chi connectivity index (χ4v) is 1.63. The molecule has 2 N–H and O–H groups in total. The largest absolute Gasteiger partial charge is 0.370 e. The zero-order valence-electron chi connectivity index (χ0n) is 8.63. The second-order valence-electron chi connectivity index (χ2n) is 3.64. The molecular formula is C10H21N3. The number of rotatable bonds is 6. The Balaban J connectivity index is 1.97. The number of nitrogens with two attached hydrogens (primary N) is 1. The van der Waals surface area contributed by atoms with E-state index in [1.807, 2.05) is 0 Å². The van der Waals surface area contributed by atoms with Crippen LogP contribution in [0.5, 0.6) is 0 Å². The van der Waals surface area contributed by atoms with Gasteiger partial charge in [-0.15, -0.1) is 0 Å². The van der Waals surface area contributed by atoms with E-state index in [0.717, 1.165) is 25.6 Å². The van der Waals surface area contributed by atoms with Crippen LogP contribution in [0.3, 0.4) is 0 Å². The Hall–Kier alpha value is -0.730. The van der Waals surface area contributed by atoms with Crippen molar-refractivity contribution in [1.29, 1.82) is 0 Å². The van der Waals surface area contributed by atoms with E-state index in [0.29, 0.717) is 0 Å². The van der Waals surface area contributed by atoms with Crippen LogP contribution in [-0.2, 0) is 0 Å². The molecule has 1 rings (SSSR count). The predicted molar refractivity (Wildman–Crippen MR) is 56.8 cm³/mol. The Labute approximate surface area is 81.0 Å². The molecule has 0 aromatic heterocycles. The van der Waals surface area contributed by atoms with Gasteiger partial charge in [0.15, 0.2) is 5.96 Å². The number of guanidine groups is 1. The van der Waals surface area contributed by atoms with E-state index in [9.17, 15) is 0 Å². The van der Waals surface area contributed by atoms with Crippen molar-refractivity contribution in [1.82, 2.24) is 4.90 Å². The average molecular weight is 183 g/mol. The van der Waals surface area contributed by atoms with Gasteiger partial charge in [-0.1, -0.05) is 32.6 Å². The van der Waals surface area contributed by atoms with Crippen LogP contribution in [0.15, 0.2) is 4.99 Å². The summed E-state index contributed by atoms with van der Waals surface area (Å²) in [6, 6.07) is 0. The lowest BCUT2D eigenvalue weighted by Crippen LogP contribution is -2.34. The third kappa shape index (κ3) is 3.66. The summed E-state index contributed by atoms with van der Waals surface area (Å²) in [6.07, 6.45) is 6.63. The van der Waals surface area contributed by atoms with Crippen molar-refractivity contribution in [2.75, 3.05) is 19.6 Å². The number of nitrogens with zero attached hydrogens (tertiary/aromatic N) is 2. The van der Waals surface area contributed by atoms with Gasteiger partial charge in [-0.25, -0.2) is 0 Å². The molecule has 1 aliphatic heterocycles. The molecule has 13 heavy (non-hydrogen) atoms. The molecule has 0 unspecified atom stereocenters. The van der Waals surface area contributed by atoms with Crippen LogP contribution in [0.25, 0.3) is 0 Å². The maximum absolute atomic E-state index is 5.70. The summed E-state index contributed by atoms with van der Waals surface area (Å²) in [7, 11) is 0. The second-order valence-corrected chi connectivity index (χ2v) is 3.64. The van der Waals surface area contributed by atoms with Crippen LogP contribution in [0.1, 0.15) is 39.0 Å². The molecule has 0 radical (unpaired) electrons. The molecule has 76 valence electrons. The molecule has 3 nitrogen and oxygen atoms in total. The summed E-state index contributed by atoms with van der Waals surface area (Å²) in [5.74, 6) is 0.746. The topological polar surface area (TPSA) is 41.6 Å². The van der Waals surface area contributed by atoms with Gasteiger partial charge in [-0.05, 0) is 6.42 Å². The number of aliphatic imine (C=N–C) groups is 1. The molecule has 1 heterocycles. The number of hydrogen-bond acceptors (Lipinski definition) is 3. The third-order valence-electron chi connectivity index (χ3n) is 2.50. The van der Waals surface area contributed by atoms with Crippen molar-refractivity contribution in [2.24, 2.45) is 10.7 Å². The van der Waals surface area contributed by atoms with Crippen LogP contribution in [-0.4, -0.2) is 30.5 Å². The minimum absolute atomic E-state index is 0.746. The molecule has 0 fully saturated rings. The van der Waals surface area contributed by atoms with Crippen molar-refractivity contribution >= 4 is 5.96 Å². The van der Waals surface area contributed by atoms with Gasteiger partial charge in [0, 0.05) is 13.1 Å². The summed E-state index contributed by atoms with van der Waals surface area (Å²) in [4.78, 5) is 6.34. The van der Waals surface area contributed by atoms with E-state index in [1.165, 1.54) is 32.1 Å². The summed E-state index contributed by atoms with van der Waals surface area (Å²) >= 11 is 0. The van der Waals surface area contributed by atoms with Gasteiger partial charge in [0.25, 0.3) is 0 Å². The van der Waals surface area contributed by atoms with E-state index in [1.54, 1.807) is 0 Å². The Kier molecular flexibility index (Phi) is 4.65. The molecule has 0 bridgehead atoms. The van der Waals surface area contributed by atoms with Crippen LogP contribution in [0, 0.1) is 0 Å². The molecule has 1 aliphatic rings. The highest BCUT2D eigenvalue weighted by atomic mass is 15.3. The number of unbranched alkanes of at least 4 members (excludes halogenated alkanes) is 4. The Morgan fingerprint density at radius 3 is 2.69 bits per heavy atom. The Bertz CT molecular complexity index is 166. The van der Waals surface area contributed by atoms with Gasteiger partial charge in [0.05, 0.1) is 6.54 Å². The maximum Gasteiger partial charge on any atom is 0.191 e. The molecule has 0 aromatic rings. The first-order valence-corrected chi connectivity index (χ1v) is 5.39. The Morgan fingerprint density at radius 2 is 2.08 bits per heavy atom. The lowest BCUT2D eigenvalue weighted by atomic mass is 10.1. The van der Waals surface area contributed by atoms with E-state index in [4.69, 9.17) is 5.73 Å². The minimum atomic E-state index is 0.746. The van der Waals surface area contributed by atoms with E-state index in [-0.39, 0.29) is 0 Å². The number of hydrogen-bond donors (Lipinski definition) is 1. The molecule has 3 heteroatoms. The zero-order valence-corrected chi connectivity index (χ0v) is 8.63. The molecule has 0 aromatic carbocycles. The third-order valence-corrected chi connectivity index (χ3v) is 2.50. The Morgan fingerprint density at radius 1 is 1.31 bits per heavy atom. The molecule has 0 aliphatic carbocycles. The van der Waals surface area contributed by atoms with Gasteiger partial charge in [-0.3, -0.25) is 4.99 Å². The fraction of sp³-hybridized carbons (Fsp3) is 0.900. The average Bonchev–Trinajstić information content (AvgIpc) is 2.52. The van der Waals surface area contributed by atoms with Gasteiger partial charge >= 0.3 is 0 Å². The molecule has 0 atom stereocenters. The van der Waals surface area contributed by atoms with Crippen molar-refractivity contribution < 1.29 is 0 Å². The first-order valence-electron chi connectivity index (χ1n) is 5.39. The first-order chi connectivity index (χ1) is 6.34. The van der Waals surface area contributed by atoms with Crippen molar-refractivity contribution in [3.63, 3.8) is 0 Å². The van der Waals surface area contributed by atoms with E-state index >= 15 is 0 Å². The van der Waals surface area contributed by atoms with Crippen LogP contribution >= 0.6 is 0 Å². The fourth-order valence-electron chi connectivity index (χ4n) is 1.63. The molecule has 0 saturated heterocycles. The standard InChI is InChI=1S/C10H21N3/c1-2-3-4-5-6-8-13-9-7-12-10(13)11/h2-9H2,1H3,(H2,11,12). The lowest BCUT2D eigenvalue weighted by Gasteiger charge is -2.16. The molecular weight excluding hydrogens is 162 g/mol. The maximum atomic E-state index is 5.70. The smallest absolute Gasteiger partial charge is 0.191 e. The van der Waals surface area contributed by atoms with Crippen LogP contribution in [0.2, 0.25) is 0 Å². The highest BCUT2D eigenvalue weighted by Crippen LogP contribution is 2.05. The minimum Gasteiger partial charge on any atom is -0.370 e. The van der Waals surface area contributed by atoms with Gasteiger partial charge in [0.2, 0.25) is 0 Å². The zero-order chi connectivity index (χ0) is 9.52. The lowest BCUT2D eigenvalue weighted by molar-refractivity contribution is 0.428. The molecule has 0 amide bonds. The quantitative estimate of drug-likeness (QED) is 0.635.